The van der Waals surface area contributed by atoms with Crippen LogP contribution >= 0.6 is 0 Å². The lowest BCUT2D eigenvalue weighted by atomic mass is 10.2. The molecule has 0 heterocycles. The van der Waals surface area contributed by atoms with Crippen molar-refractivity contribution in [2.75, 3.05) is 18.6 Å². The van der Waals surface area contributed by atoms with Gasteiger partial charge in [0.05, 0.1) is 0 Å². The van der Waals surface area contributed by atoms with Crippen molar-refractivity contribution in [2.45, 2.75) is 31.2 Å². The molecule has 0 saturated heterocycles. The largest absolute Gasteiger partial charge is 0.480 e. The van der Waals surface area contributed by atoms with E-state index in [9.17, 15) is 22.2 Å². The van der Waals surface area contributed by atoms with Gasteiger partial charge in [0.25, 0.3) is 0 Å². The van der Waals surface area contributed by atoms with Gasteiger partial charge in [-0.3, -0.25) is 9.57 Å². The van der Waals surface area contributed by atoms with Gasteiger partial charge in [0, 0.05) is 28.3 Å². The van der Waals surface area contributed by atoms with Crippen molar-refractivity contribution in [3.05, 3.63) is 0 Å². The summed E-state index contributed by atoms with van der Waals surface area (Å²) in [4.78, 5) is 10.4. The molecule has 6 nitrogen and oxygen atoms in total. The van der Waals surface area contributed by atoms with Crippen LogP contribution in [0.25, 0.3) is 0 Å². The second kappa shape index (κ2) is 7.06. The van der Waals surface area contributed by atoms with E-state index >= 15 is 0 Å². The summed E-state index contributed by atoms with van der Waals surface area (Å²) in [6, 6.07) is -1.27. The normalized spacial score (nSPS) is 18.6. The van der Waals surface area contributed by atoms with Crippen molar-refractivity contribution in [1.82, 2.24) is 0 Å². The predicted octanol–water partition coefficient (Wildman–Crippen LogP) is 0.803. The summed E-state index contributed by atoms with van der Waals surface area (Å²) in [5.74, 6) is -2.17. The number of nitrogens with two attached hydrogens (primary N) is 1. The Hall–Kier alpha value is -0.870. The molecule has 0 aromatic heterocycles. The summed E-state index contributed by atoms with van der Waals surface area (Å²) in [7, 11) is -2.42. The average Bonchev–Trinajstić information content (AvgIpc) is 2.24. The molecule has 0 amide bonds. The molecular weight excluding hydrogens is 289 g/mol. The van der Waals surface area contributed by atoms with Crippen molar-refractivity contribution in [3.63, 3.8) is 0 Å². The van der Waals surface area contributed by atoms with Crippen molar-refractivity contribution in [1.29, 1.82) is 4.78 Å². The highest BCUT2D eigenvalue weighted by Gasteiger charge is 2.40. The van der Waals surface area contributed by atoms with Crippen molar-refractivity contribution < 1.29 is 32.0 Å². The number of aliphatic carboxylic acids is 1. The molecule has 19 heavy (non-hydrogen) atoms. The van der Waals surface area contributed by atoms with Gasteiger partial charge in [-0.2, -0.15) is 13.2 Å². The molecule has 0 fully saturated rings. The zero-order valence-corrected chi connectivity index (χ0v) is 11.1. The molecule has 1 unspecified atom stereocenters. The van der Waals surface area contributed by atoms with Crippen LogP contribution in [0, 0.1) is 4.78 Å². The maximum atomic E-state index is 12.3. The lowest BCUT2D eigenvalue weighted by Crippen LogP contribution is -2.34. The van der Waals surface area contributed by atoms with Crippen molar-refractivity contribution in [2.24, 2.45) is 5.73 Å². The zero-order chi connectivity index (χ0) is 15.3. The van der Waals surface area contributed by atoms with Gasteiger partial charge < -0.3 is 15.6 Å². The first-order valence-corrected chi connectivity index (χ1v) is 7.21. The number of ether oxygens (including phenoxy) is 1. The van der Waals surface area contributed by atoms with Crippen LogP contribution in [0.5, 0.6) is 0 Å². The Morgan fingerprint density at radius 3 is 2.26 bits per heavy atom. The minimum atomic E-state index is -4.58. The maximum Gasteiger partial charge on any atom is 0.414 e. The van der Waals surface area contributed by atoms with Crippen LogP contribution in [0.3, 0.4) is 0 Å². The topological polar surface area (TPSA) is 113 Å². The van der Waals surface area contributed by atoms with E-state index in [1.807, 2.05) is 0 Å². The Kier molecular flexibility index (Phi) is 6.73. The van der Waals surface area contributed by atoms with Gasteiger partial charge in [-0.1, -0.05) is 0 Å². The van der Waals surface area contributed by atoms with Crippen molar-refractivity contribution >= 4 is 15.7 Å². The Bertz CT molecular complexity index is 397. The second-order valence-electron chi connectivity index (χ2n) is 4.01. The minimum Gasteiger partial charge on any atom is -0.480 e. The Morgan fingerprint density at radius 1 is 1.42 bits per heavy atom. The highest BCUT2D eigenvalue weighted by atomic mass is 32.2. The van der Waals surface area contributed by atoms with E-state index in [1.165, 1.54) is 0 Å². The summed E-state index contributed by atoms with van der Waals surface area (Å²) in [6.07, 6.45) is -7.49. The van der Waals surface area contributed by atoms with Crippen LogP contribution in [0.1, 0.15) is 12.8 Å². The van der Waals surface area contributed by atoms with Crippen LogP contribution in [-0.2, 0) is 19.3 Å². The molecule has 0 aliphatic heterocycles. The number of carbonyl (C=O) groups is 1. The molecule has 0 aliphatic rings. The van der Waals surface area contributed by atoms with Gasteiger partial charge in [0.15, 0.2) is 6.10 Å². The lowest BCUT2D eigenvalue weighted by Gasteiger charge is -2.19. The number of hydrogen-bond donors (Lipinski definition) is 3. The minimum absolute atomic E-state index is 0.221. The van der Waals surface area contributed by atoms with Gasteiger partial charge in [-0.05, 0) is 12.8 Å². The predicted molar refractivity (Wildman–Crippen MR) is 62.3 cm³/mol. The number of alkyl halides is 3. The molecule has 0 radical (unpaired) electrons. The van der Waals surface area contributed by atoms with Gasteiger partial charge in [0.2, 0.25) is 0 Å². The molecule has 0 aliphatic carbocycles. The third-order valence-electron chi connectivity index (χ3n) is 2.44. The van der Waals surface area contributed by atoms with Crippen LogP contribution < -0.4 is 5.73 Å². The zero-order valence-electron chi connectivity index (χ0n) is 10.3. The fourth-order valence-corrected chi connectivity index (χ4v) is 2.69. The first-order chi connectivity index (χ1) is 8.49. The first kappa shape index (κ1) is 18.1. The third-order valence-corrected chi connectivity index (χ3v) is 4.23. The van der Waals surface area contributed by atoms with E-state index < -0.39 is 46.2 Å². The number of carboxylic acids is 1. The Balaban J connectivity index is 4.35. The van der Waals surface area contributed by atoms with E-state index in [2.05, 4.69) is 4.74 Å². The number of carboxylic acid groups (broad SMARTS) is 1. The first-order valence-electron chi connectivity index (χ1n) is 5.31. The molecule has 3 atom stereocenters. The fourth-order valence-electron chi connectivity index (χ4n) is 1.26. The molecule has 4 N–H and O–H groups in total. The van der Waals surface area contributed by atoms with E-state index in [-0.39, 0.29) is 12.2 Å². The molecule has 0 bridgehead atoms. The second-order valence-corrected chi connectivity index (χ2v) is 6.45. The number of methoxy groups -OCH3 is 1. The van der Waals surface area contributed by atoms with Gasteiger partial charge in [-0.15, -0.1) is 0 Å². The Morgan fingerprint density at radius 2 is 1.89 bits per heavy atom. The van der Waals surface area contributed by atoms with E-state index in [1.54, 1.807) is 0 Å². The highest BCUT2D eigenvalue weighted by molar-refractivity contribution is 7.92. The van der Waals surface area contributed by atoms with E-state index in [0.717, 1.165) is 7.11 Å². The molecule has 114 valence electrons. The van der Waals surface area contributed by atoms with Crippen LogP contribution in [0.15, 0.2) is 0 Å². The maximum absolute atomic E-state index is 12.3. The molecule has 0 aromatic rings. The molecule has 0 rings (SSSR count). The number of rotatable bonds is 8. The summed E-state index contributed by atoms with van der Waals surface area (Å²) in [5.41, 5.74) is 5.16. The molecule has 0 saturated carbocycles. The molecule has 0 spiro atoms. The summed E-state index contributed by atoms with van der Waals surface area (Å²) < 4.78 is 60.3. The van der Waals surface area contributed by atoms with Gasteiger partial charge in [-0.25, -0.2) is 4.21 Å². The standard InChI is InChI=1S/C9H17F3N2O4S/c1-18-7(9(10,11)12)3-5-19(14,17)4-2-6(13)8(15)16/h6-7,14H,2-5,13H2,1H3,(H,15,16)/t6-,7?,19-/m0/s1. The lowest BCUT2D eigenvalue weighted by molar-refractivity contribution is -0.212. The van der Waals surface area contributed by atoms with Crippen LogP contribution in [0.4, 0.5) is 13.2 Å². The number of halogens is 3. The summed E-state index contributed by atoms with van der Waals surface area (Å²) in [5, 5.41) is 8.49. The average molecular weight is 306 g/mol. The fraction of sp³-hybridized carbons (Fsp3) is 0.889. The SMILES string of the molecule is COC(CC[S@@](=N)(=O)CC[C@H](N)C(=O)O)C(F)(F)F. The highest BCUT2D eigenvalue weighted by Crippen LogP contribution is 2.25. The summed E-state index contributed by atoms with van der Waals surface area (Å²) in [6.45, 7) is 0. The number of nitrogens with one attached hydrogen (secondary N) is 1. The summed E-state index contributed by atoms with van der Waals surface area (Å²) >= 11 is 0. The molecule has 10 heteroatoms. The van der Waals surface area contributed by atoms with Gasteiger partial charge in [0.1, 0.15) is 6.04 Å². The van der Waals surface area contributed by atoms with Crippen molar-refractivity contribution in [3.8, 4) is 0 Å². The monoisotopic (exact) mass is 306 g/mol. The smallest absolute Gasteiger partial charge is 0.414 e. The number of hydrogen-bond acceptors (Lipinski definition) is 5. The quantitative estimate of drug-likeness (QED) is 0.614. The Labute approximate surface area is 109 Å². The van der Waals surface area contributed by atoms with E-state index in [4.69, 9.17) is 15.6 Å². The molecule has 0 aromatic carbocycles. The third kappa shape index (κ3) is 7.33. The van der Waals surface area contributed by atoms with E-state index in [0.29, 0.717) is 0 Å². The van der Waals surface area contributed by atoms with Crippen LogP contribution in [-0.4, -0.2) is 52.2 Å². The van der Waals surface area contributed by atoms with Crippen LogP contribution in [0.2, 0.25) is 0 Å². The molecular formula is C9H17F3N2O4S. The van der Waals surface area contributed by atoms with Gasteiger partial charge >= 0.3 is 12.1 Å².